The van der Waals surface area contributed by atoms with E-state index in [-0.39, 0.29) is 0 Å². The minimum Gasteiger partial charge on any atom is -0.468 e. The highest BCUT2D eigenvalue weighted by Crippen LogP contribution is 2.45. The lowest BCUT2D eigenvalue weighted by atomic mass is 9.72. The van der Waals surface area contributed by atoms with Crippen LogP contribution in [-0.2, 0) is 19.7 Å². The first kappa shape index (κ1) is 13.6. The Kier molecular flexibility index (Phi) is 3.17. The van der Waals surface area contributed by atoms with Crippen LogP contribution < -0.4 is 4.90 Å². The van der Waals surface area contributed by atoms with Crippen LogP contribution in [0.3, 0.4) is 0 Å². The summed E-state index contributed by atoms with van der Waals surface area (Å²) in [6.07, 6.45) is 0. The van der Waals surface area contributed by atoms with Crippen LogP contribution in [0.4, 0.5) is 5.69 Å². The van der Waals surface area contributed by atoms with Gasteiger partial charge in [-0.3, -0.25) is 9.59 Å². The summed E-state index contributed by atoms with van der Waals surface area (Å²) in [7, 11) is 2.62. The van der Waals surface area contributed by atoms with Crippen molar-refractivity contribution in [1.29, 1.82) is 10.5 Å². The molecule has 0 fully saturated rings. The van der Waals surface area contributed by atoms with Gasteiger partial charge < -0.3 is 9.64 Å². The molecule has 2 atom stereocenters. The topological polar surface area (TPSA) is 94.2 Å². The molecule has 1 aliphatic rings. The first-order valence-corrected chi connectivity index (χ1v) is 5.81. The van der Waals surface area contributed by atoms with Crippen molar-refractivity contribution in [1.82, 2.24) is 0 Å². The van der Waals surface area contributed by atoms with E-state index >= 15 is 0 Å². The third kappa shape index (κ3) is 1.49. The number of nitrogens with zero attached hydrogens (tertiary/aromatic N) is 3. The number of carbonyl (C=O) groups excluding carboxylic acids is 2. The molecule has 100 valence electrons. The van der Waals surface area contributed by atoms with Gasteiger partial charge in [0.05, 0.1) is 19.2 Å². The number of rotatable bonds is 2. The van der Waals surface area contributed by atoms with E-state index in [9.17, 15) is 20.1 Å². The Morgan fingerprint density at radius 3 is 2.60 bits per heavy atom. The van der Waals surface area contributed by atoms with Gasteiger partial charge in [0.25, 0.3) is 5.91 Å². The monoisotopic (exact) mass is 269 g/mol. The van der Waals surface area contributed by atoms with E-state index in [1.54, 1.807) is 30.3 Å². The number of amides is 1. The Labute approximate surface area is 115 Å². The van der Waals surface area contributed by atoms with Crippen molar-refractivity contribution in [3.05, 3.63) is 29.8 Å². The maximum absolute atomic E-state index is 12.5. The number of benzene rings is 1. The third-order valence-electron chi connectivity index (χ3n) is 3.51. The Balaban J connectivity index is 2.74. The van der Waals surface area contributed by atoms with Crippen LogP contribution in [0, 0.1) is 28.6 Å². The zero-order valence-electron chi connectivity index (χ0n) is 11.0. The van der Waals surface area contributed by atoms with Crippen molar-refractivity contribution in [2.45, 2.75) is 5.41 Å². The number of para-hydroxylation sites is 1. The van der Waals surface area contributed by atoms with Crippen LogP contribution in [0.25, 0.3) is 0 Å². The Morgan fingerprint density at radius 1 is 1.40 bits per heavy atom. The standard InChI is InChI=1S/C14H11N3O3/c1-17-11-6-4-3-5-9(11)14(8-16,13(17)19)10(7-15)12(18)20-2/h3-6,10H,1-2H3. The smallest absolute Gasteiger partial charge is 0.325 e. The molecule has 1 heterocycles. The Hall–Kier alpha value is -2.86. The SMILES string of the molecule is COC(=O)C(C#N)C1(C#N)C(=O)N(C)c2ccccc21. The molecule has 1 aromatic carbocycles. The maximum atomic E-state index is 12.5. The van der Waals surface area contributed by atoms with Crippen LogP contribution in [-0.4, -0.2) is 26.0 Å². The molecule has 0 bridgehead atoms. The zero-order chi connectivity index (χ0) is 14.9. The lowest BCUT2D eigenvalue weighted by molar-refractivity contribution is -0.147. The fourth-order valence-corrected chi connectivity index (χ4v) is 2.48. The second-order valence-corrected chi connectivity index (χ2v) is 4.39. The molecule has 0 spiro atoms. The van der Waals surface area contributed by atoms with Gasteiger partial charge in [-0.05, 0) is 6.07 Å². The molecule has 2 rings (SSSR count). The summed E-state index contributed by atoms with van der Waals surface area (Å²) in [4.78, 5) is 25.6. The molecule has 6 nitrogen and oxygen atoms in total. The molecule has 0 radical (unpaired) electrons. The van der Waals surface area contributed by atoms with E-state index in [2.05, 4.69) is 4.74 Å². The summed E-state index contributed by atoms with van der Waals surface area (Å²) in [5.41, 5.74) is -0.983. The van der Waals surface area contributed by atoms with Gasteiger partial charge in [0.1, 0.15) is 0 Å². The molecule has 1 amide bonds. The molecule has 1 aromatic rings. The summed E-state index contributed by atoms with van der Waals surface area (Å²) < 4.78 is 4.56. The molecule has 0 saturated heterocycles. The number of anilines is 1. The highest BCUT2D eigenvalue weighted by Gasteiger charge is 2.59. The van der Waals surface area contributed by atoms with Gasteiger partial charge in [0, 0.05) is 18.3 Å². The zero-order valence-corrected chi connectivity index (χ0v) is 11.0. The molecule has 0 aliphatic carbocycles. The van der Waals surface area contributed by atoms with E-state index in [0.29, 0.717) is 11.3 Å². The number of fused-ring (bicyclic) bond motifs is 1. The van der Waals surface area contributed by atoms with Gasteiger partial charge in [-0.15, -0.1) is 0 Å². The van der Waals surface area contributed by atoms with Crippen LogP contribution >= 0.6 is 0 Å². The number of hydrogen-bond acceptors (Lipinski definition) is 5. The molecule has 6 heteroatoms. The highest BCUT2D eigenvalue weighted by molar-refractivity contribution is 6.12. The first-order valence-electron chi connectivity index (χ1n) is 5.81. The van der Waals surface area contributed by atoms with Crippen molar-refractivity contribution < 1.29 is 14.3 Å². The molecule has 1 aliphatic heterocycles. The number of nitriles is 2. The van der Waals surface area contributed by atoms with Crippen molar-refractivity contribution in [3.8, 4) is 12.1 Å². The van der Waals surface area contributed by atoms with E-state index < -0.39 is 23.2 Å². The summed E-state index contributed by atoms with van der Waals surface area (Å²) in [6, 6.07) is 10.2. The normalized spacial score (nSPS) is 21.6. The van der Waals surface area contributed by atoms with Crippen LogP contribution in [0.15, 0.2) is 24.3 Å². The van der Waals surface area contributed by atoms with Crippen LogP contribution in [0.5, 0.6) is 0 Å². The Bertz CT molecular complexity index is 671. The number of ether oxygens (including phenoxy) is 1. The van der Waals surface area contributed by atoms with Gasteiger partial charge in [-0.1, -0.05) is 18.2 Å². The predicted octanol–water partition coefficient (Wildman–Crippen LogP) is 0.737. The average Bonchev–Trinajstić information content (AvgIpc) is 2.70. The summed E-state index contributed by atoms with van der Waals surface area (Å²) in [5.74, 6) is -3.00. The fourth-order valence-electron chi connectivity index (χ4n) is 2.48. The summed E-state index contributed by atoms with van der Waals surface area (Å²) >= 11 is 0. The average molecular weight is 269 g/mol. The number of esters is 1. The second-order valence-electron chi connectivity index (χ2n) is 4.39. The van der Waals surface area contributed by atoms with E-state index in [1.165, 1.54) is 11.9 Å². The third-order valence-corrected chi connectivity index (χ3v) is 3.51. The van der Waals surface area contributed by atoms with Gasteiger partial charge in [-0.25, -0.2) is 0 Å². The van der Waals surface area contributed by atoms with E-state index in [1.807, 2.05) is 6.07 Å². The number of hydrogen-bond donors (Lipinski definition) is 0. The predicted molar refractivity (Wildman–Crippen MR) is 68.3 cm³/mol. The second kappa shape index (κ2) is 4.67. The summed E-state index contributed by atoms with van der Waals surface area (Å²) in [6.45, 7) is 0. The quantitative estimate of drug-likeness (QED) is 0.738. The maximum Gasteiger partial charge on any atom is 0.325 e. The Morgan fingerprint density at radius 2 is 2.05 bits per heavy atom. The van der Waals surface area contributed by atoms with Gasteiger partial charge >= 0.3 is 5.97 Å². The minimum atomic E-state index is -1.85. The minimum absolute atomic E-state index is 0.354. The molecular formula is C14H11N3O3. The number of carbonyl (C=O) groups is 2. The van der Waals surface area contributed by atoms with Crippen molar-refractivity contribution in [3.63, 3.8) is 0 Å². The lowest BCUT2D eigenvalue weighted by Crippen LogP contribution is -2.46. The summed E-state index contributed by atoms with van der Waals surface area (Å²) in [5, 5.41) is 18.8. The van der Waals surface area contributed by atoms with Crippen LogP contribution in [0.1, 0.15) is 5.56 Å². The van der Waals surface area contributed by atoms with Crippen molar-refractivity contribution in [2.24, 2.45) is 5.92 Å². The van der Waals surface area contributed by atoms with E-state index in [0.717, 1.165) is 7.11 Å². The molecule has 0 N–H and O–H groups in total. The number of likely N-dealkylation sites (N-methyl/N-ethyl adjacent to an activating group) is 1. The van der Waals surface area contributed by atoms with Crippen LogP contribution in [0.2, 0.25) is 0 Å². The molecule has 0 saturated carbocycles. The first-order chi connectivity index (χ1) is 9.54. The van der Waals surface area contributed by atoms with Gasteiger partial charge in [-0.2, -0.15) is 10.5 Å². The largest absolute Gasteiger partial charge is 0.468 e. The van der Waals surface area contributed by atoms with Crippen molar-refractivity contribution in [2.75, 3.05) is 19.1 Å². The molecule has 2 unspecified atom stereocenters. The molecule has 20 heavy (non-hydrogen) atoms. The van der Waals surface area contributed by atoms with E-state index in [4.69, 9.17) is 0 Å². The van der Waals surface area contributed by atoms with Gasteiger partial charge in [0.2, 0.25) is 0 Å². The number of methoxy groups -OCH3 is 1. The van der Waals surface area contributed by atoms with Crippen molar-refractivity contribution >= 4 is 17.6 Å². The van der Waals surface area contributed by atoms with Gasteiger partial charge in [0.15, 0.2) is 11.3 Å². The molecule has 0 aromatic heterocycles. The lowest BCUT2D eigenvalue weighted by Gasteiger charge is -2.23. The fraction of sp³-hybridized carbons (Fsp3) is 0.286. The molecular weight excluding hydrogens is 258 g/mol. The highest BCUT2D eigenvalue weighted by atomic mass is 16.5.